The maximum absolute atomic E-state index is 13.3. The lowest BCUT2D eigenvalue weighted by Gasteiger charge is -2.24. The van der Waals surface area contributed by atoms with Gasteiger partial charge in [0.1, 0.15) is 24.3 Å². The number of fused-ring (bicyclic) bond motifs is 1. The molecule has 3 rings (SSSR count). The number of hydrogen-bond acceptors (Lipinski definition) is 7. The maximum Gasteiger partial charge on any atom is 0.408 e. The van der Waals surface area contributed by atoms with Gasteiger partial charge in [0.2, 0.25) is 11.8 Å². The van der Waals surface area contributed by atoms with Gasteiger partial charge >= 0.3 is 11.7 Å². The van der Waals surface area contributed by atoms with Crippen LogP contribution in [-0.2, 0) is 27.5 Å². The Labute approximate surface area is 243 Å². The molecule has 0 radical (unpaired) electrons. The van der Waals surface area contributed by atoms with Crippen LogP contribution in [0.25, 0.3) is 11.0 Å². The van der Waals surface area contributed by atoms with Crippen LogP contribution < -0.4 is 32.6 Å². The number of hydrogen-bond donors (Lipinski definition) is 6. The van der Waals surface area contributed by atoms with Crippen molar-refractivity contribution in [3.63, 3.8) is 0 Å². The highest BCUT2D eigenvalue weighted by molar-refractivity contribution is 5.91. The molecule has 0 unspecified atom stereocenters. The zero-order valence-corrected chi connectivity index (χ0v) is 23.8. The molecule has 0 spiro atoms. The van der Waals surface area contributed by atoms with Crippen molar-refractivity contribution >= 4 is 34.8 Å². The summed E-state index contributed by atoms with van der Waals surface area (Å²) >= 11 is 0. The number of ether oxygens (including phenoxy) is 1. The Kier molecular flexibility index (Phi) is 11.9. The van der Waals surface area contributed by atoms with Crippen molar-refractivity contribution in [2.45, 2.75) is 58.3 Å². The molecule has 0 aliphatic rings. The molecule has 3 amide bonds. The topological polar surface area (TPSA) is 189 Å². The minimum absolute atomic E-state index is 0.0413. The fourth-order valence-corrected chi connectivity index (χ4v) is 4.21. The first-order valence-electron chi connectivity index (χ1n) is 13.8. The number of guanidine groups is 1. The Hall–Kier alpha value is -4.87. The van der Waals surface area contributed by atoms with Gasteiger partial charge < -0.3 is 36.2 Å². The van der Waals surface area contributed by atoms with Gasteiger partial charge in [-0.3, -0.25) is 15.0 Å². The number of carbonyl (C=O) groups is 3. The largest absolute Gasteiger partial charge is 0.445 e. The average molecular weight is 579 g/mol. The van der Waals surface area contributed by atoms with Crippen LogP contribution in [0.4, 0.5) is 4.79 Å². The van der Waals surface area contributed by atoms with E-state index < -0.39 is 35.6 Å². The molecular weight excluding hydrogens is 540 g/mol. The number of para-hydroxylation sites is 1. The van der Waals surface area contributed by atoms with E-state index in [2.05, 4.69) is 21.3 Å². The summed E-state index contributed by atoms with van der Waals surface area (Å²) in [6.45, 7) is 4.06. The molecule has 0 saturated carbocycles. The van der Waals surface area contributed by atoms with Crippen molar-refractivity contribution in [1.29, 1.82) is 5.41 Å². The van der Waals surface area contributed by atoms with Crippen LogP contribution >= 0.6 is 0 Å². The van der Waals surface area contributed by atoms with Crippen LogP contribution in [-0.4, -0.2) is 42.5 Å². The molecule has 0 saturated heterocycles. The van der Waals surface area contributed by atoms with E-state index in [0.717, 1.165) is 5.56 Å². The third-order valence-corrected chi connectivity index (χ3v) is 6.31. The molecule has 3 aromatic rings. The third kappa shape index (κ3) is 10.3. The molecule has 0 bridgehead atoms. The number of alkyl carbamates (subject to hydrolysis) is 1. The van der Waals surface area contributed by atoms with Crippen molar-refractivity contribution in [3.8, 4) is 0 Å². The van der Waals surface area contributed by atoms with E-state index in [1.54, 1.807) is 24.3 Å². The summed E-state index contributed by atoms with van der Waals surface area (Å²) in [6.07, 6.45) is 0.161. The first kappa shape index (κ1) is 31.7. The molecular formula is C30H38N6O6. The first-order chi connectivity index (χ1) is 20.1. The standard InChI is InChI=1S/C30H38N6O6/c1-19(2)15-24(36-30(40)41-18-20-9-4-3-5-10-20)27(38)35-23(12-8-14-33-29(31)32)26(37)34-17-22-16-21-11-6-7-13-25(21)42-28(22)39/h3-7,9-11,13,16,19,23-24H,8,12,14-15,17-18H2,1-2H3,(H,34,37)(H,35,38)(H,36,40)(H4,31,32,33)/t23-,24-/m0/s1. The molecule has 42 heavy (non-hydrogen) atoms. The van der Waals surface area contributed by atoms with Gasteiger partial charge in [0.15, 0.2) is 5.96 Å². The molecule has 12 nitrogen and oxygen atoms in total. The van der Waals surface area contributed by atoms with Gasteiger partial charge in [0, 0.05) is 11.9 Å². The van der Waals surface area contributed by atoms with Gasteiger partial charge in [-0.05, 0) is 42.9 Å². The molecule has 7 N–H and O–H groups in total. The number of rotatable bonds is 14. The lowest BCUT2D eigenvalue weighted by atomic mass is 10.0. The molecule has 0 fully saturated rings. The zero-order chi connectivity index (χ0) is 30.5. The van der Waals surface area contributed by atoms with Crippen LogP contribution in [0.3, 0.4) is 0 Å². The third-order valence-electron chi connectivity index (χ3n) is 6.31. The van der Waals surface area contributed by atoms with Crippen LogP contribution in [0.1, 0.15) is 44.2 Å². The highest BCUT2D eigenvalue weighted by Crippen LogP contribution is 2.13. The van der Waals surface area contributed by atoms with Gasteiger partial charge in [-0.2, -0.15) is 0 Å². The van der Waals surface area contributed by atoms with Crippen LogP contribution in [0, 0.1) is 11.3 Å². The minimum atomic E-state index is -0.990. The fourth-order valence-electron chi connectivity index (χ4n) is 4.21. The van der Waals surface area contributed by atoms with Crippen LogP contribution in [0.5, 0.6) is 0 Å². The average Bonchev–Trinajstić information content (AvgIpc) is 2.96. The predicted octanol–water partition coefficient (Wildman–Crippen LogP) is 2.50. The minimum Gasteiger partial charge on any atom is -0.445 e. The summed E-state index contributed by atoms with van der Waals surface area (Å²) in [5, 5.41) is 18.7. The van der Waals surface area contributed by atoms with E-state index in [-0.39, 0.29) is 37.0 Å². The number of amides is 3. The molecule has 224 valence electrons. The Morgan fingerprint density at radius 2 is 1.67 bits per heavy atom. The van der Waals surface area contributed by atoms with Gasteiger partial charge in [-0.15, -0.1) is 0 Å². The molecule has 2 atom stereocenters. The lowest BCUT2D eigenvalue weighted by Crippen LogP contribution is -2.54. The zero-order valence-electron chi connectivity index (χ0n) is 23.8. The van der Waals surface area contributed by atoms with Gasteiger partial charge in [-0.1, -0.05) is 62.4 Å². The van der Waals surface area contributed by atoms with E-state index in [9.17, 15) is 19.2 Å². The van der Waals surface area contributed by atoms with Crippen molar-refractivity contribution < 1.29 is 23.5 Å². The van der Waals surface area contributed by atoms with Crippen molar-refractivity contribution in [2.24, 2.45) is 11.7 Å². The highest BCUT2D eigenvalue weighted by atomic mass is 16.5. The van der Waals surface area contributed by atoms with Crippen molar-refractivity contribution in [3.05, 3.63) is 82.2 Å². The molecule has 2 aromatic carbocycles. The monoisotopic (exact) mass is 578 g/mol. The summed E-state index contributed by atoms with van der Waals surface area (Å²) in [5.41, 5.74) is 6.26. The normalized spacial score (nSPS) is 12.3. The molecule has 1 aromatic heterocycles. The summed E-state index contributed by atoms with van der Waals surface area (Å²) < 4.78 is 10.6. The second-order valence-corrected chi connectivity index (χ2v) is 10.2. The number of nitrogens with one attached hydrogen (secondary N) is 5. The fraction of sp³-hybridized carbons (Fsp3) is 0.367. The SMILES string of the molecule is CC(C)C[C@H](NC(=O)OCc1ccccc1)C(=O)N[C@@H](CCCNC(=N)N)C(=O)NCc1cc2ccccc2oc1=O. The van der Waals surface area contributed by atoms with Gasteiger partial charge in [0.25, 0.3) is 0 Å². The summed E-state index contributed by atoms with van der Waals surface area (Å²) in [5.74, 6) is -1.23. The Balaban J connectivity index is 1.67. The Morgan fingerprint density at radius 3 is 2.38 bits per heavy atom. The van der Waals surface area contributed by atoms with Gasteiger partial charge in [0.05, 0.1) is 12.1 Å². The molecule has 0 aliphatic carbocycles. The Bertz CT molecular complexity index is 1420. The first-order valence-corrected chi connectivity index (χ1v) is 13.8. The quantitative estimate of drug-likeness (QED) is 0.0728. The van der Waals surface area contributed by atoms with Gasteiger partial charge in [-0.25, -0.2) is 9.59 Å². The molecule has 1 heterocycles. The summed E-state index contributed by atoms with van der Waals surface area (Å²) in [6, 6.07) is 15.9. The number of benzene rings is 2. The van der Waals surface area contributed by atoms with E-state index in [4.69, 9.17) is 20.3 Å². The number of carbonyl (C=O) groups excluding carboxylic acids is 3. The predicted molar refractivity (Wildman–Crippen MR) is 158 cm³/mol. The summed E-state index contributed by atoms with van der Waals surface area (Å²) in [4.78, 5) is 51.5. The molecule has 0 aliphatic heterocycles. The van der Waals surface area contributed by atoms with E-state index in [0.29, 0.717) is 30.4 Å². The lowest BCUT2D eigenvalue weighted by molar-refractivity contribution is -0.130. The van der Waals surface area contributed by atoms with E-state index >= 15 is 0 Å². The Morgan fingerprint density at radius 1 is 0.952 bits per heavy atom. The second-order valence-electron chi connectivity index (χ2n) is 10.2. The summed E-state index contributed by atoms with van der Waals surface area (Å²) in [7, 11) is 0. The number of nitrogens with two attached hydrogens (primary N) is 1. The van der Waals surface area contributed by atoms with Crippen LogP contribution in [0.15, 0.2) is 69.9 Å². The molecule has 12 heteroatoms. The van der Waals surface area contributed by atoms with Crippen LogP contribution in [0.2, 0.25) is 0 Å². The van der Waals surface area contributed by atoms with Crippen molar-refractivity contribution in [1.82, 2.24) is 21.3 Å². The van der Waals surface area contributed by atoms with E-state index in [1.807, 2.05) is 50.2 Å². The second kappa shape index (κ2) is 15.8. The maximum atomic E-state index is 13.3. The van der Waals surface area contributed by atoms with Crippen molar-refractivity contribution in [2.75, 3.05) is 6.54 Å². The van der Waals surface area contributed by atoms with E-state index in [1.165, 1.54) is 0 Å². The highest BCUT2D eigenvalue weighted by Gasteiger charge is 2.28. The smallest absolute Gasteiger partial charge is 0.408 e.